The summed E-state index contributed by atoms with van der Waals surface area (Å²) < 4.78 is 5.59. The zero-order valence-electron chi connectivity index (χ0n) is 16.9. The van der Waals surface area contributed by atoms with E-state index in [1.54, 1.807) is 0 Å². The minimum atomic E-state index is -0.195. The predicted octanol–water partition coefficient (Wildman–Crippen LogP) is 4.10. The number of thiophene rings is 1. The third kappa shape index (κ3) is 3.87. The highest BCUT2D eigenvalue weighted by atomic mass is 32.1. The molecule has 3 heterocycles. The van der Waals surface area contributed by atoms with Crippen LogP contribution in [0.4, 0.5) is 5.69 Å². The molecule has 2 aromatic rings. The smallest absolute Gasteiger partial charge is 0.278 e. The molecule has 4 rings (SSSR count). The average molecular weight is 411 g/mol. The first-order chi connectivity index (χ1) is 14.1. The van der Waals surface area contributed by atoms with Crippen molar-refractivity contribution in [2.24, 2.45) is 0 Å². The van der Waals surface area contributed by atoms with E-state index in [9.17, 15) is 9.59 Å². The van der Waals surface area contributed by atoms with Crippen molar-refractivity contribution < 1.29 is 14.3 Å². The van der Waals surface area contributed by atoms with Crippen LogP contribution >= 0.6 is 11.3 Å². The lowest BCUT2D eigenvalue weighted by molar-refractivity contribution is -0.137. The molecule has 0 atom stereocenters. The van der Waals surface area contributed by atoms with Crippen molar-refractivity contribution in [1.82, 2.24) is 4.90 Å². The highest BCUT2D eigenvalue weighted by molar-refractivity contribution is 7.11. The lowest BCUT2D eigenvalue weighted by Crippen LogP contribution is -2.38. The van der Waals surface area contributed by atoms with Crippen LogP contribution in [-0.2, 0) is 20.7 Å². The molecule has 0 radical (unpaired) electrons. The Morgan fingerprint density at radius 3 is 2.69 bits per heavy atom. The van der Waals surface area contributed by atoms with Crippen LogP contribution < -0.4 is 4.90 Å². The van der Waals surface area contributed by atoms with Gasteiger partial charge < -0.3 is 9.64 Å². The second kappa shape index (κ2) is 8.51. The number of carbonyl (C=O) groups is 2. The molecule has 0 spiro atoms. The quantitative estimate of drug-likeness (QED) is 0.509. The molecule has 1 aromatic heterocycles. The maximum Gasteiger partial charge on any atom is 0.278 e. The van der Waals surface area contributed by atoms with E-state index in [0.717, 1.165) is 30.0 Å². The van der Waals surface area contributed by atoms with Gasteiger partial charge in [-0.2, -0.15) is 0 Å². The number of imide groups is 1. The van der Waals surface area contributed by atoms with Crippen LogP contribution in [0.15, 0.2) is 47.5 Å². The van der Waals surface area contributed by atoms with Gasteiger partial charge in [-0.1, -0.05) is 24.3 Å². The number of nitrogens with zero attached hydrogens (tertiary/aromatic N) is 2. The number of rotatable bonds is 7. The fraction of sp³-hybridized carbons (Fsp3) is 0.391. The van der Waals surface area contributed by atoms with Gasteiger partial charge in [-0.05, 0) is 56.2 Å². The molecule has 0 saturated heterocycles. The van der Waals surface area contributed by atoms with Crippen LogP contribution in [0.25, 0.3) is 5.57 Å². The van der Waals surface area contributed by atoms with Gasteiger partial charge in [0, 0.05) is 30.3 Å². The molecule has 1 aromatic carbocycles. The number of anilines is 1. The first kappa shape index (κ1) is 19.9. The standard InChI is InChI=1S/C23H26N2O3S/c1-16(2)28-14-7-13-25-22(26)20(19-11-6-15-29-19)21(23(25)27)24-12-5-9-17-8-3-4-10-18(17)24/h3-4,6,8,10-11,15-16H,5,7,9,12-14H2,1-2H3. The summed E-state index contributed by atoms with van der Waals surface area (Å²) in [7, 11) is 0. The zero-order chi connectivity index (χ0) is 20.4. The van der Waals surface area contributed by atoms with Crippen molar-refractivity contribution in [2.75, 3.05) is 24.6 Å². The van der Waals surface area contributed by atoms with Crippen molar-refractivity contribution in [3.63, 3.8) is 0 Å². The predicted molar refractivity (Wildman–Crippen MR) is 116 cm³/mol. The molecule has 152 valence electrons. The van der Waals surface area contributed by atoms with E-state index in [0.29, 0.717) is 30.8 Å². The van der Waals surface area contributed by atoms with Gasteiger partial charge in [0.05, 0.1) is 11.7 Å². The van der Waals surface area contributed by atoms with E-state index < -0.39 is 0 Å². The van der Waals surface area contributed by atoms with E-state index in [-0.39, 0.29) is 17.9 Å². The Hall–Kier alpha value is -2.44. The van der Waals surface area contributed by atoms with E-state index in [1.807, 2.05) is 49.6 Å². The SMILES string of the molecule is CC(C)OCCCN1C(=O)C(c2cccs2)=C(N2CCCc3ccccc32)C1=O. The molecule has 0 saturated carbocycles. The van der Waals surface area contributed by atoms with Crippen LogP contribution in [0.5, 0.6) is 0 Å². The van der Waals surface area contributed by atoms with Gasteiger partial charge >= 0.3 is 0 Å². The second-order valence-electron chi connectivity index (χ2n) is 7.62. The molecular formula is C23H26N2O3S. The Balaban J connectivity index is 1.68. The van der Waals surface area contributed by atoms with Crippen LogP contribution in [0.2, 0.25) is 0 Å². The molecule has 5 nitrogen and oxygen atoms in total. The van der Waals surface area contributed by atoms with E-state index in [4.69, 9.17) is 4.74 Å². The van der Waals surface area contributed by atoms with E-state index in [1.165, 1.54) is 21.8 Å². The van der Waals surface area contributed by atoms with Gasteiger partial charge in [0.25, 0.3) is 11.8 Å². The Morgan fingerprint density at radius 1 is 1.10 bits per heavy atom. The van der Waals surface area contributed by atoms with Gasteiger partial charge in [0.2, 0.25) is 0 Å². The number of fused-ring (bicyclic) bond motifs is 1. The Morgan fingerprint density at radius 2 is 1.93 bits per heavy atom. The van der Waals surface area contributed by atoms with Gasteiger partial charge in [0.1, 0.15) is 5.70 Å². The summed E-state index contributed by atoms with van der Waals surface area (Å²) in [4.78, 5) is 31.0. The van der Waals surface area contributed by atoms with Crippen molar-refractivity contribution in [1.29, 1.82) is 0 Å². The van der Waals surface area contributed by atoms with Gasteiger partial charge in [-0.3, -0.25) is 14.5 Å². The number of amides is 2. The summed E-state index contributed by atoms with van der Waals surface area (Å²) >= 11 is 1.50. The first-order valence-corrected chi connectivity index (χ1v) is 11.1. The number of benzene rings is 1. The zero-order valence-corrected chi connectivity index (χ0v) is 17.7. The number of hydrogen-bond acceptors (Lipinski definition) is 5. The fourth-order valence-corrected chi connectivity index (χ4v) is 4.73. The van der Waals surface area contributed by atoms with Crippen molar-refractivity contribution in [3.05, 3.63) is 57.9 Å². The van der Waals surface area contributed by atoms with Crippen LogP contribution in [0, 0.1) is 0 Å². The summed E-state index contributed by atoms with van der Waals surface area (Å²) in [5, 5.41) is 1.95. The summed E-state index contributed by atoms with van der Waals surface area (Å²) in [5.41, 5.74) is 3.32. The minimum Gasteiger partial charge on any atom is -0.379 e. The van der Waals surface area contributed by atoms with Crippen molar-refractivity contribution >= 4 is 34.4 Å². The highest BCUT2D eigenvalue weighted by Crippen LogP contribution is 2.38. The molecular weight excluding hydrogens is 384 g/mol. The van der Waals surface area contributed by atoms with Gasteiger partial charge in [0.15, 0.2) is 0 Å². The third-order valence-corrected chi connectivity index (χ3v) is 6.16. The number of ether oxygens (including phenoxy) is 1. The number of aryl methyl sites for hydroxylation is 1. The molecule has 29 heavy (non-hydrogen) atoms. The largest absolute Gasteiger partial charge is 0.379 e. The molecule has 2 aliphatic heterocycles. The molecule has 2 amide bonds. The van der Waals surface area contributed by atoms with Gasteiger partial charge in [-0.15, -0.1) is 11.3 Å². The van der Waals surface area contributed by atoms with E-state index >= 15 is 0 Å². The normalized spacial score (nSPS) is 16.9. The average Bonchev–Trinajstić information content (AvgIpc) is 3.32. The summed E-state index contributed by atoms with van der Waals surface area (Å²) in [6, 6.07) is 12.0. The summed E-state index contributed by atoms with van der Waals surface area (Å²) in [6.45, 7) is 5.61. The molecule has 0 bridgehead atoms. The van der Waals surface area contributed by atoms with Crippen LogP contribution in [-0.4, -0.2) is 42.5 Å². The minimum absolute atomic E-state index is 0.139. The monoisotopic (exact) mass is 410 g/mol. The van der Waals surface area contributed by atoms with Crippen LogP contribution in [0.1, 0.15) is 37.1 Å². The number of para-hydroxylation sites is 1. The van der Waals surface area contributed by atoms with E-state index in [2.05, 4.69) is 11.0 Å². The third-order valence-electron chi connectivity index (χ3n) is 5.27. The topological polar surface area (TPSA) is 49.9 Å². The number of hydrogen-bond donors (Lipinski definition) is 0. The van der Waals surface area contributed by atoms with Crippen molar-refractivity contribution in [3.8, 4) is 0 Å². The number of carbonyl (C=O) groups excluding carboxylic acids is 2. The molecule has 6 heteroatoms. The molecule has 0 aliphatic carbocycles. The van der Waals surface area contributed by atoms with Gasteiger partial charge in [-0.25, -0.2) is 0 Å². The lowest BCUT2D eigenvalue weighted by Gasteiger charge is -2.32. The fourth-order valence-electron chi connectivity index (χ4n) is 3.97. The second-order valence-corrected chi connectivity index (χ2v) is 8.57. The Bertz CT molecular complexity index is 933. The highest BCUT2D eigenvalue weighted by Gasteiger charge is 2.42. The molecule has 2 aliphatic rings. The maximum absolute atomic E-state index is 13.4. The lowest BCUT2D eigenvalue weighted by atomic mass is 10.00. The maximum atomic E-state index is 13.4. The Kier molecular flexibility index (Phi) is 5.83. The van der Waals surface area contributed by atoms with Crippen LogP contribution in [0.3, 0.4) is 0 Å². The summed E-state index contributed by atoms with van der Waals surface area (Å²) in [6.07, 6.45) is 2.73. The van der Waals surface area contributed by atoms with Crippen molar-refractivity contribution in [2.45, 2.75) is 39.2 Å². The molecule has 0 fully saturated rings. The molecule has 0 N–H and O–H groups in total. The summed E-state index contributed by atoms with van der Waals surface area (Å²) in [5.74, 6) is -0.389. The Labute approximate surface area is 175 Å². The molecule has 0 unspecified atom stereocenters. The first-order valence-electron chi connectivity index (χ1n) is 10.2.